The van der Waals surface area contributed by atoms with Gasteiger partial charge in [0.05, 0.1) is 6.04 Å². The largest absolute Gasteiger partial charge is 0.334 e. The van der Waals surface area contributed by atoms with Crippen LogP contribution in [0.4, 0.5) is 0 Å². The van der Waals surface area contributed by atoms with Crippen molar-refractivity contribution >= 4 is 5.91 Å². The van der Waals surface area contributed by atoms with Crippen LogP contribution in [0.25, 0.3) is 0 Å². The molecule has 0 spiro atoms. The topological polar surface area (TPSA) is 46.3 Å². The van der Waals surface area contributed by atoms with Crippen LogP contribution in [0.15, 0.2) is 18.2 Å². The summed E-state index contributed by atoms with van der Waals surface area (Å²) < 4.78 is 0. The molecule has 1 heterocycles. The van der Waals surface area contributed by atoms with Crippen molar-refractivity contribution in [1.29, 1.82) is 0 Å². The summed E-state index contributed by atoms with van der Waals surface area (Å²) in [6, 6.07) is 6.35. The summed E-state index contributed by atoms with van der Waals surface area (Å²) in [5.74, 6) is 0.239. The first-order valence-electron chi connectivity index (χ1n) is 7.17. The summed E-state index contributed by atoms with van der Waals surface area (Å²) in [6.45, 7) is 6.98. The van der Waals surface area contributed by atoms with Gasteiger partial charge in [-0.3, -0.25) is 4.79 Å². The fourth-order valence-corrected chi connectivity index (χ4v) is 3.21. The zero-order valence-corrected chi connectivity index (χ0v) is 12.1. The number of aryl methyl sites for hydroxylation is 2. The minimum Gasteiger partial charge on any atom is -0.334 e. The van der Waals surface area contributed by atoms with Crippen LogP contribution in [0.5, 0.6) is 0 Å². The van der Waals surface area contributed by atoms with Crippen molar-refractivity contribution < 1.29 is 4.79 Å². The van der Waals surface area contributed by atoms with Crippen LogP contribution in [0.2, 0.25) is 0 Å². The van der Waals surface area contributed by atoms with E-state index in [1.807, 2.05) is 11.8 Å². The normalized spacial score (nSPS) is 24.4. The first kappa shape index (κ1) is 14.1. The summed E-state index contributed by atoms with van der Waals surface area (Å²) in [6.07, 6.45) is 2.45. The molecule has 0 saturated carbocycles. The fourth-order valence-electron chi connectivity index (χ4n) is 3.21. The first-order valence-corrected chi connectivity index (χ1v) is 7.17. The standard InChI is InChI=1S/C16H24N2O/c1-4-18-14(19)10-6-9-13(17)16(18)15-11(2)7-5-8-12(15)3/h5,7-8,13,16H,4,6,9-10,17H2,1-3H3. The van der Waals surface area contributed by atoms with Crippen LogP contribution in [0, 0.1) is 13.8 Å². The maximum atomic E-state index is 12.3. The Labute approximate surface area is 115 Å². The lowest BCUT2D eigenvalue weighted by Gasteiger charge is -2.35. The molecule has 0 aliphatic carbocycles. The number of likely N-dealkylation sites (N-methyl/N-ethyl adjacent to an activating group) is 1. The third-order valence-corrected chi connectivity index (χ3v) is 4.17. The minimum atomic E-state index is 0.0289. The Kier molecular flexibility index (Phi) is 4.25. The third-order valence-electron chi connectivity index (χ3n) is 4.17. The number of nitrogens with two attached hydrogens (primary N) is 1. The summed E-state index contributed by atoms with van der Waals surface area (Å²) in [5, 5.41) is 0. The monoisotopic (exact) mass is 260 g/mol. The first-order chi connectivity index (χ1) is 9.06. The van der Waals surface area contributed by atoms with E-state index in [-0.39, 0.29) is 18.0 Å². The Balaban J connectivity index is 2.50. The molecule has 1 aromatic rings. The van der Waals surface area contributed by atoms with Gasteiger partial charge in [-0.25, -0.2) is 0 Å². The number of amides is 1. The van der Waals surface area contributed by atoms with Crippen LogP contribution in [0.3, 0.4) is 0 Å². The average molecular weight is 260 g/mol. The van der Waals surface area contributed by atoms with E-state index in [0.717, 1.165) is 19.4 Å². The van der Waals surface area contributed by atoms with Gasteiger partial charge in [-0.05, 0) is 50.3 Å². The van der Waals surface area contributed by atoms with E-state index in [2.05, 4.69) is 32.0 Å². The molecule has 3 nitrogen and oxygen atoms in total. The number of hydrogen-bond donors (Lipinski definition) is 1. The molecule has 1 saturated heterocycles. The molecular weight excluding hydrogens is 236 g/mol. The third kappa shape index (κ3) is 2.66. The molecule has 104 valence electrons. The molecule has 2 atom stereocenters. The summed E-state index contributed by atoms with van der Waals surface area (Å²) in [7, 11) is 0. The zero-order chi connectivity index (χ0) is 14.0. The number of nitrogens with zero attached hydrogens (tertiary/aromatic N) is 1. The fraction of sp³-hybridized carbons (Fsp3) is 0.562. The maximum absolute atomic E-state index is 12.3. The van der Waals surface area contributed by atoms with Crippen molar-refractivity contribution in [3.63, 3.8) is 0 Å². The number of benzene rings is 1. The molecule has 2 rings (SSSR count). The lowest BCUT2D eigenvalue weighted by Crippen LogP contribution is -2.42. The van der Waals surface area contributed by atoms with Crippen molar-refractivity contribution in [3.05, 3.63) is 34.9 Å². The summed E-state index contributed by atoms with van der Waals surface area (Å²) in [5.41, 5.74) is 10.1. The van der Waals surface area contributed by atoms with Crippen LogP contribution >= 0.6 is 0 Å². The van der Waals surface area contributed by atoms with Gasteiger partial charge >= 0.3 is 0 Å². The lowest BCUT2D eigenvalue weighted by atomic mass is 9.89. The molecule has 0 bridgehead atoms. The second-order valence-electron chi connectivity index (χ2n) is 5.49. The van der Waals surface area contributed by atoms with Gasteiger partial charge in [0.15, 0.2) is 0 Å². The summed E-state index contributed by atoms with van der Waals surface area (Å²) in [4.78, 5) is 14.2. The smallest absolute Gasteiger partial charge is 0.223 e. The van der Waals surface area contributed by atoms with Crippen molar-refractivity contribution in [2.45, 2.75) is 52.1 Å². The van der Waals surface area contributed by atoms with E-state index >= 15 is 0 Å². The van der Waals surface area contributed by atoms with Gasteiger partial charge in [0.2, 0.25) is 5.91 Å². The van der Waals surface area contributed by atoms with E-state index in [0.29, 0.717) is 6.42 Å². The van der Waals surface area contributed by atoms with Gasteiger partial charge < -0.3 is 10.6 Å². The van der Waals surface area contributed by atoms with Crippen molar-refractivity contribution in [2.75, 3.05) is 6.54 Å². The Morgan fingerprint density at radius 1 is 1.32 bits per heavy atom. The highest BCUT2D eigenvalue weighted by molar-refractivity contribution is 5.77. The molecule has 1 aliphatic rings. The van der Waals surface area contributed by atoms with E-state index < -0.39 is 0 Å². The predicted molar refractivity (Wildman–Crippen MR) is 77.9 cm³/mol. The van der Waals surface area contributed by atoms with Crippen LogP contribution in [-0.4, -0.2) is 23.4 Å². The van der Waals surface area contributed by atoms with Gasteiger partial charge in [0, 0.05) is 19.0 Å². The summed E-state index contributed by atoms with van der Waals surface area (Å²) >= 11 is 0. The SMILES string of the molecule is CCN1C(=O)CCCC(N)C1c1c(C)cccc1C. The zero-order valence-electron chi connectivity index (χ0n) is 12.1. The van der Waals surface area contributed by atoms with E-state index in [9.17, 15) is 4.79 Å². The highest BCUT2D eigenvalue weighted by Gasteiger charge is 2.33. The second kappa shape index (κ2) is 5.74. The van der Waals surface area contributed by atoms with Crippen molar-refractivity contribution in [3.8, 4) is 0 Å². The number of carbonyl (C=O) groups is 1. The molecule has 3 heteroatoms. The van der Waals surface area contributed by atoms with E-state index in [1.165, 1.54) is 16.7 Å². The van der Waals surface area contributed by atoms with Crippen LogP contribution in [-0.2, 0) is 4.79 Å². The number of likely N-dealkylation sites (tertiary alicyclic amines) is 1. The van der Waals surface area contributed by atoms with Gasteiger partial charge in [-0.2, -0.15) is 0 Å². The van der Waals surface area contributed by atoms with Gasteiger partial charge in [-0.1, -0.05) is 18.2 Å². The van der Waals surface area contributed by atoms with Gasteiger partial charge in [0.1, 0.15) is 0 Å². The molecule has 0 aromatic heterocycles. The minimum absolute atomic E-state index is 0.0289. The van der Waals surface area contributed by atoms with Gasteiger partial charge in [0.25, 0.3) is 0 Å². The predicted octanol–water partition coefficient (Wildman–Crippen LogP) is 2.70. The number of carbonyl (C=O) groups excluding carboxylic acids is 1. The molecule has 19 heavy (non-hydrogen) atoms. The molecule has 2 unspecified atom stereocenters. The highest BCUT2D eigenvalue weighted by Crippen LogP contribution is 2.33. The number of rotatable bonds is 2. The molecule has 1 fully saturated rings. The molecular formula is C16H24N2O. The van der Waals surface area contributed by atoms with Crippen LogP contribution < -0.4 is 5.73 Å². The lowest BCUT2D eigenvalue weighted by molar-refractivity contribution is -0.133. The number of hydrogen-bond acceptors (Lipinski definition) is 2. The van der Waals surface area contributed by atoms with Gasteiger partial charge in [-0.15, -0.1) is 0 Å². The quantitative estimate of drug-likeness (QED) is 0.888. The second-order valence-corrected chi connectivity index (χ2v) is 5.49. The molecule has 1 aromatic carbocycles. The Bertz CT molecular complexity index is 450. The molecule has 1 amide bonds. The molecule has 2 N–H and O–H groups in total. The van der Waals surface area contributed by atoms with Crippen LogP contribution in [0.1, 0.15) is 48.9 Å². The Morgan fingerprint density at radius 2 is 1.95 bits per heavy atom. The van der Waals surface area contributed by atoms with Crippen molar-refractivity contribution in [2.24, 2.45) is 5.73 Å². The average Bonchev–Trinajstić information content (AvgIpc) is 2.49. The molecule has 1 aliphatic heterocycles. The highest BCUT2D eigenvalue weighted by atomic mass is 16.2. The maximum Gasteiger partial charge on any atom is 0.223 e. The Morgan fingerprint density at radius 3 is 2.53 bits per heavy atom. The Hall–Kier alpha value is -1.35. The van der Waals surface area contributed by atoms with Crippen molar-refractivity contribution in [1.82, 2.24) is 4.90 Å². The van der Waals surface area contributed by atoms with E-state index in [1.54, 1.807) is 0 Å². The molecule has 0 radical (unpaired) electrons. The van der Waals surface area contributed by atoms with E-state index in [4.69, 9.17) is 5.73 Å².